The van der Waals surface area contributed by atoms with Crippen molar-refractivity contribution in [2.24, 2.45) is 5.92 Å². The van der Waals surface area contributed by atoms with Gasteiger partial charge >= 0.3 is 0 Å². The summed E-state index contributed by atoms with van der Waals surface area (Å²) in [5.74, 6) is 0.685. The van der Waals surface area contributed by atoms with Crippen LogP contribution in [-0.2, 0) is 0 Å². The number of aromatic hydroxyl groups is 1. The van der Waals surface area contributed by atoms with Crippen molar-refractivity contribution >= 4 is 17.5 Å². The first kappa shape index (κ1) is 12.8. The van der Waals surface area contributed by atoms with Crippen molar-refractivity contribution in [1.29, 1.82) is 0 Å². The van der Waals surface area contributed by atoms with Crippen LogP contribution in [0, 0.1) is 5.92 Å². The number of phenols is 1. The lowest BCUT2D eigenvalue weighted by atomic mass is 10.1. The molecule has 1 atom stereocenters. The van der Waals surface area contributed by atoms with E-state index in [1.54, 1.807) is 18.2 Å². The fraction of sp³-hybridized carbons (Fsp3) is 0.417. The fourth-order valence-electron chi connectivity index (χ4n) is 1.32. The summed E-state index contributed by atoms with van der Waals surface area (Å²) in [6.07, 6.45) is 0.864. The van der Waals surface area contributed by atoms with Gasteiger partial charge < -0.3 is 10.4 Å². The van der Waals surface area contributed by atoms with Crippen molar-refractivity contribution < 1.29 is 9.90 Å². The highest BCUT2D eigenvalue weighted by atomic mass is 35.5. The van der Waals surface area contributed by atoms with E-state index in [9.17, 15) is 9.90 Å². The molecule has 0 aliphatic heterocycles. The highest BCUT2D eigenvalue weighted by molar-refractivity contribution is 6.17. The number of phenolic OH excluding ortho intramolecular Hbond substituents is 1. The molecule has 0 radical (unpaired) electrons. The highest BCUT2D eigenvalue weighted by Crippen LogP contribution is 2.15. The predicted octanol–water partition coefficient (Wildman–Crippen LogP) is 2.39. The molecule has 0 saturated heterocycles. The number of alkyl halides is 1. The van der Waals surface area contributed by atoms with E-state index in [1.807, 2.05) is 6.92 Å². The van der Waals surface area contributed by atoms with E-state index in [4.69, 9.17) is 11.6 Å². The Balaban J connectivity index is 2.50. The Bertz CT molecular complexity index is 355. The summed E-state index contributed by atoms with van der Waals surface area (Å²) in [5, 5.41) is 12.2. The van der Waals surface area contributed by atoms with Crippen molar-refractivity contribution in [3.63, 3.8) is 0 Å². The van der Waals surface area contributed by atoms with E-state index in [0.29, 0.717) is 23.9 Å². The van der Waals surface area contributed by atoms with Crippen molar-refractivity contribution in [3.05, 3.63) is 29.8 Å². The van der Waals surface area contributed by atoms with Gasteiger partial charge in [0.15, 0.2) is 0 Å². The molecule has 0 aromatic heterocycles. The first-order valence-electron chi connectivity index (χ1n) is 5.27. The van der Waals surface area contributed by atoms with Crippen molar-refractivity contribution in [1.82, 2.24) is 5.32 Å². The summed E-state index contributed by atoms with van der Waals surface area (Å²) in [5.41, 5.74) is 0.306. The van der Waals surface area contributed by atoms with Gasteiger partial charge in [0.1, 0.15) is 5.75 Å². The van der Waals surface area contributed by atoms with Gasteiger partial charge in [-0.15, -0.1) is 11.6 Å². The quantitative estimate of drug-likeness (QED) is 0.778. The molecule has 0 fully saturated rings. The standard InChI is InChI=1S/C12H16ClNO2/c1-9(6-7-13)8-14-12(16)10-4-2-3-5-11(10)15/h2-5,9,15H,6-8H2,1H3,(H,14,16). The Morgan fingerprint density at radius 1 is 1.50 bits per heavy atom. The largest absolute Gasteiger partial charge is 0.507 e. The molecule has 2 N–H and O–H groups in total. The molecule has 0 aliphatic carbocycles. The molecule has 0 aliphatic rings. The molecule has 0 saturated carbocycles. The number of halogens is 1. The van der Waals surface area contributed by atoms with E-state index in [1.165, 1.54) is 6.07 Å². The van der Waals surface area contributed by atoms with Crippen LogP contribution in [0.25, 0.3) is 0 Å². The van der Waals surface area contributed by atoms with Crippen molar-refractivity contribution in [2.75, 3.05) is 12.4 Å². The van der Waals surface area contributed by atoms with Gasteiger partial charge in [0, 0.05) is 12.4 Å². The zero-order valence-electron chi connectivity index (χ0n) is 9.24. The Labute approximate surface area is 100 Å². The molecule has 88 valence electrons. The Morgan fingerprint density at radius 2 is 2.19 bits per heavy atom. The van der Waals surface area contributed by atoms with E-state index < -0.39 is 0 Å². The molecular formula is C12H16ClNO2. The van der Waals surface area contributed by atoms with Gasteiger partial charge in [-0.2, -0.15) is 0 Å². The maximum Gasteiger partial charge on any atom is 0.255 e. The Hall–Kier alpha value is -1.22. The summed E-state index contributed by atoms with van der Waals surface area (Å²) in [6, 6.07) is 6.49. The third-order valence-corrected chi connectivity index (χ3v) is 2.58. The second kappa shape index (κ2) is 6.38. The highest BCUT2D eigenvalue weighted by Gasteiger charge is 2.10. The van der Waals surface area contributed by atoms with Gasteiger partial charge in [-0.1, -0.05) is 19.1 Å². The van der Waals surface area contributed by atoms with Gasteiger partial charge in [-0.3, -0.25) is 4.79 Å². The maximum absolute atomic E-state index is 11.7. The number of para-hydroxylation sites is 1. The third-order valence-electron chi connectivity index (χ3n) is 2.36. The first-order valence-corrected chi connectivity index (χ1v) is 5.80. The summed E-state index contributed by atoms with van der Waals surface area (Å²) in [4.78, 5) is 11.7. The second-order valence-electron chi connectivity index (χ2n) is 3.81. The minimum Gasteiger partial charge on any atom is -0.507 e. The molecular weight excluding hydrogens is 226 g/mol. The number of nitrogens with one attached hydrogen (secondary N) is 1. The number of carbonyl (C=O) groups excluding carboxylic acids is 1. The van der Waals surface area contributed by atoms with Crippen LogP contribution in [-0.4, -0.2) is 23.4 Å². The number of benzene rings is 1. The molecule has 1 aromatic rings. The Kier molecular flexibility index (Phi) is 5.12. The number of carbonyl (C=O) groups is 1. The summed E-state index contributed by atoms with van der Waals surface area (Å²) in [6.45, 7) is 2.59. The van der Waals surface area contributed by atoms with E-state index in [2.05, 4.69) is 5.32 Å². The molecule has 0 bridgehead atoms. The van der Waals surface area contributed by atoms with Crippen LogP contribution >= 0.6 is 11.6 Å². The zero-order chi connectivity index (χ0) is 12.0. The molecule has 0 spiro atoms. The van der Waals surface area contributed by atoms with E-state index >= 15 is 0 Å². The van der Waals surface area contributed by atoms with Gasteiger partial charge in [0.2, 0.25) is 0 Å². The summed E-state index contributed by atoms with van der Waals surface area (Å²) >= 11 is 5.60. The summed E-state index contributed by atoms with van der Waals surface area (Å²) in [7, 11) is 0. The van der Waals surface area contributed by atoms with Crippen LogP contribution in [0.5, 0.6) is 5.75 Å². The molecule has 4 heteroatoms. The number of hydrogen-bond donors (Lipinski definition) is 2. The number of hydrogen-bond acceptors (Lipinski definition) is 2. The monoisotopic (exact) mass is 241 g/mol. The van der Waals surface area contributed by atoms with Crippen molar-refractivity contribution in [2.45, 2.75) is 13.3 Å². The van der Waals surface area contributed by atoms with Gasteiger partial charge in [0.25, 0.3) is 5.91 Å². The normalized spacial score (nSPS) is 12.1. The topological polar surface area (TPSA) is 49.3 Å². The molecule has 3 nitrogen and oxygen atoms in total. The van der Waals surface area contributed by atoms with Gasteiger partial charge in [0.05, 0.1) is 5.56 Å². The van der Waals surface area contributed by atoms with Crippen molar-refractivity contribution in [3.8, 4) is 5.75 Å². The van der Waals surface area contributed by atoms with Crippen LogP contribution < -0.4 is 5.32 Å². The average Bonchev–Trinajstić information content (AvgIpc) is 2.27. The minimum absolute atomic E-state index is 0.00463. The lowest BCUT2D eigenvalue weighted by Gasteiger charge is -2.11. The molecule has 1 aromatic carbocycles. The Morgan fingerprint density at radius 3 is 2.81 bits per heavy atom. The van der Waals surface area contributed by atoms with Crippen LogP contribution in [0.1, 0.15) is 23.7 Å². The van der Waals surface area contributed by atoms with Gasteiger partial charge in [-0.25, -0.2) is 0 Å². The fourth-order valence-corrected chi connectivity index (χ4v) is 1.69. The zero-order valence-corrected chi connectivity index (χ0v) is 10.00. The van der Waals surface area contributed by atoms with E-state index in [-0.39, 0.29) is 11.7 Å². The third kappa shape index (κ3) is 3.74. The molecule has 1 unspecified atom stereocenters. The summed E-state index contributed by atoms with van der Waals surface area (Å²) < 4.78 is 0. The van der Waals surface area contributed by atoms with Crippen LogP contribution in [0.2, 0.25) is 0 Å². The minimum atomic E-state index is -0.250. The first-order chi connectivity index (χ1) is 7.65. The number of rotatable bonds is 5. The second-order valence-corrected chi connectivity index (χ2v) is 4.19. The maximum atomic E-state index is 11.7. The van der Waals surface area contributed by atoms with Crippen LogP contribution in [0.3, 0.4) is 0 Å². The molecule has 16 heavy (non-hydrogen) atoms. The predicted molar refractivity (Wildman–Crippen MR) is 64.9 cm³/mol. The smallest absolute Gasteiger partial charge is 0.255 e. The average molecular weight is 242 g/mol. The lowest BCUT2D eigenvalue weighted by Crippen LogP contribution is -2.28. The molecule has 0 heterocycles. The molecule has 1 rings (SSSR count). The van der Waals surface area contributed by atoms with Crippen LogP contribution in [0.15, 0.2) is 24.3 Å². The molecule has 1 amide bonds. The number of amides is 1. The van der Waals surface area contributed by atoms with Gasteiger partial charge in [-0.05, 0) is 24.5 Å². The van der Waals surface area contributed by atoms with E-state index in [0.717, 1.165) is 6.42 Å². The SMILES string of the molecule is CC(CCCl)CNC(=O)c1ccccc1O. The lowest BCUT2D eigenvalue weighted by molar-refractivity contribution is 0.0945. The van der Waals surface area contributed by atoms with Crippen LogP contribution in [0.4, 0.5) is 0 Å².